The highest BCUT2D eigenvalue weighted by Gasteiger charge is 2.26. The molecule has 16 heavy (non-hydrogen) atoms. The Morgan fingerprint density at radius 3 is 2.50 bits per heavy atom. The number of hydrogen-bond donors (Lipinski definition) is 1. The lowest BCUT2D eigenvalue weighted by molar-refractivity contribution is 0.0788. The second-order valence-corrected chi connectivity index (χ2v) is 6.27. The predicted octanol–water partition coefficient (Wildman–Crippen LogP) is 3.20. The van der Waals surface area contributed by atoms with E-state index in [1.54, 1.807) is 0 Å². The van der Waals surface area contributed by atoms with E-state index in [0.29, 0.717) is 0 Å². The molecule has 0 bridgehead atoms. The zero-order valence-electron chi connectivity index (χ0n) is 10.7. The summed E-state index contributed by atoms with van der Waals surface area (Å²) in [6.45, 7) is 3.85. The van der Waals surface area contributed by atoms with Gasteiger partial charge in [-0.1, -0.05) is 32.6 Å². The van der Waals surface area contributed by atoms with Crippen LogP contribution in [-0.2, 0) is 4.74 Å². The highest BCUT2D eigenvalue weighted by atomic mass is 32.2. The molecule has 1 aliphatic carbocycles. The third-order valence-corrected chi connectivity index (χ3v) is 4.26. The molecule has 0 saturated heterocycles. The third-order valence-electron chi connectivity index (χ3n) is 3.27. The zero-order valence-corrected chi connectivity index (χ0v) is 11.5. The van der Waals surface area contributed by atoms with Crippen molar-refractivity contribution in [2.45, 2.75) is 57.4 Å². The first-order valence-corrected chi connectivity index (χ1v) is 7.87. The minimum atomic E-state index is -0.0194. The van der Waals surface area contributed by atoms with E-state index in [1.165, 1.54) is 37.2 Å². The van der Waals surface area contributed by atoms with Crippen LogP contribution in [0.25, 0.3) is 0 Å². The molecule has 96 valence electrons. The Morgan fingerprint density at radius 1 is 1.19 bits per heavy atom. The highest BCUT2D eigenvalue weighted by molar-refractivity contribution is 7.99. The Bertz CT molecular complexity index is 167. The Balaban J connectivity index is 2.05. The lowest BCUT2D eigenvalue weighted by Gasteiger charge is -2.27. The SMILES string of the molecule is CCSCCCOCC1(N)CCCCCC1. The van der Waals surface area contributed by atoms with Crippen molar-refractivity contribution >= 4 is 11.8 Å². The zero-order chi connectivity index (χ0) is 11.7. The number of rotatable bonds is 7. The van der Waals surface area contributed by atoms with Crippen molar-refractivity contribution in [3.63, 3.8) is 0 Å². The lowest BCUT2D eigenvalue weighted by atomic mass is 9.93. The molecule has 0 aliphatic heterocycles. The molecule has 3 heteroatoms. The molecule has 0 heterocycles. The van der Waals surface area contributed by atoms with Gasteiger partial charge in [0.25, 0.3) is 0 Å². The van der Waals surface area contributed by atoms with Crippen molar-refractivity contribution in [1.82, 2.24) is 0 Å². The Hall–Kier alpha value is 0.270. The molecule has 0 aromatic rings. The van der Waals surface area contributed by atoms with Gasteiger partial charge in [0.1, 0.15) is 0 Å². The average molecular weight is 245 g/mol. The highest BCUT2D eigenvalue weighted by Crippen LogP contribution is 2.25. The van der Waals surface area contributed by atoms with Gasteiger partial charge in [-0.2, -0.15) is 11.8 Å². The molecule has 0 amide bonds. The molecule has 0 aromatic carbocycles. The Morgan fingerprint density at radius 2 is 1.88 bits per heavy atom. The van der Waals surface area contributed by atoms with Gasteiger partial charge in [0, 0.05) is 12.1 Å². The largest absolute Gasteiger partial charge is 0.380 e. The van der Waals surface area contributed by atoms with Gasteiger partial charge in [-0.05, 0) is 30.8 Å². The van der Waals surface area contributed by atoms with E-state index in [0.717, 1.165) is 32.5 Å². The van der Waals surface area contributed by atoms with Crippen molar-refractivity contribution in [2.24, 2.45) is 5.73 Å². The number of nitrogens with two attached hydrogens (primary N) is 1. The van der Waals surface area contributed by atoms with Crippen LogP contribution >= 0.6 is 11.8 Å². The summed E-state index contributed by atoms with van der Waals surface area (Å²) < 4.78 is 5.74. The fraction of sp³-hybridized carbons (Fsp3) is 1.00. The maximum Gasteiger partial charge on any atom is 0.0646 e. The quantitative estimate of drug-likeness (QED) is 0.552. The minimum absolute atomic E-state index is 0.0194. The third kappa shape index (κ3) is 6.12. The van der Waals surface area contributed by atoms with E-state index >= 15 is 0 Å². The van der Waals surface area contributed by atoms with Crippen molar-refractivity contribution in [2.75, 3.05) is 24.7 Å². The molecule has 0 radical (unpaired) electrons. The summed E-state index contributed by atoms with van der Waals surface area (Å²) in [7, 11) is 0. The molecule has 0 atom stereocenters. The maximum atomic E-state index is 6.37. The molecule has 2 nitrogen and oxygen atoms in total. The van der Waals surface area contributed by atoms with Gasteiger partial charge >= 0.3 is 0 Å². The predicted molar refractivity (Wildman–Crippen MR) is 73.1 cm³/mol. The van der Waals surface area contributed by atoms with E-state index in [4.69, 9.17) is 10.5 Å². The molecular weight excluding hydrogens is 218 g/mol. The van der Waals surface area contributed by atoms with Crippen molar-refractivity contribution < 1.29 is 4.74 Å². The van der Waals surface area contributed by atoms with E-state index in [2.05, 4.69) is 6.92 Å². The van der Waals surface area contributed by atoms with E-state index in [-0.39, 0.29) is 5.54 Å². The topological polar surface area (TPSA) is 35.2 Å². The molecule has 1 rings (SSSR count). The van der Waals surface area contributed by atoms with Gasteiger partial charge in [-0.3, -0.25) is 0 Å². The van der Waals surface area contributed by atoms with Crippen LogP contribution in [0.15, 0.2) is 0 Å². The molecule has 0 spiro atoms. The van der Waals surface area contributed by atoms with Crippen LogP contribution < -0.4 is 5.73 Å². The van der Waals surface area contributed by atoms with E-state index < -0.39 is 0 Å². The van der Waals surface area contributed by atoms with Crippen LogP contribution in [-0.4, -0.2) is 30.3 Å². The van der Waals surface area contributed by atoms with Gasteiger partial charge in [0.15, 0.2) is 0 Å². The number of hydrogen-bond acceptors (Lipinski definition) is 3. The molecule has 1 fully saturated rings. The summed E-state index contributed by atoms with van der Waals surface area (Å²) >= 11 is 1.99. The van der Waals surface area contributed by atoms with Gasteiger partial charge < -0.3 is 10.5 Å². The van der Waals surface area contributed by atoms with Crippen LogP contribution in [0.2, 0.25) is 0 Å². The van der Waals surface area contributed by atoms with E-state index in [9.17, 15) is 0 Å². The Kier molecular flexibility index (Phi) is 7.50. The minimum Gasteiger partial charge on any atom is -0.380 e. The number of ether oxygens (including phenoxy) is 1. The summed E-state index contributed by atoms with van der Waals surface area (Å²) in [6, 6.07) is 0. The smallest absolute Gasteiger partial charge is 0.0646 e. The molecule has 0 aromatic heterocycles. The van der Waals surface area contributed by atoms with E-state index in [1.807, 2.05) is 11.8 Å². The van der Waals surface area contributed by atoms with Crippen molar-refractivity contribution in [3.8, 4) is 0 Å². The number of thioether (sulfide) groups is 1. The first kappa shape index (κ1) is 14.3. The van der Waals surface area contributed by atoms with Crippen LogP contribution in [0.3, 0.4) is 0 Å². The second kappa shape index (κ2) is 8.37. The van der Waals surface area contributed by atoms with Gasteiger partial charge in [-0.25, -0.2) is 0 Å². The molecule has 1 saturated carbocycles. The summed E-state index contributed by atoms with van der Waals surface area (Å²) in [6.07, 6.45) is 8.73. The Labute approximate surface area is 105 Å². The maximum absolute atomic E-state index is 6.37. The monoisotopic (exact) mass is 245 g/mol. The second-order valence-electron chi connectivity index (χ2n) is 4.88. The van der Waals surface area contributed by atoms with Crippen LogP contribution in [0.4, 0.5) is 0 Å². The fourth-order valence-electron chi connectivity index (χ4n) is 2.26. The first-order chi connectivity index (χ1) is 7.77. The normalized spacial score (nSPS) is 20.6. The first-order valence-electron chi connectivity index (χ1n) is 6.71. The fourth-order valence-corrected chi connectivity index (χ4v) is 2.87. The summed E-state index contributed by atoms with van der Waals surface area (Å²) in [5.74, 6) is 2.43. The molecule has 1 aliphatic rings. The van der Waals surface area contributed by atoms with Crippen LogP contribution in [0.5, 0.6) is 0 Å². The standard InChI is InChI=1S/C13H27NOS/c1-2-16-11-7-10-15-12-13(14)8-5-3-4-6-9-13/h2-12,14H2,1H3. The van der Waals surface area contributed by atoms with Crippen LogP contribution in [0.1, 0.15) is 51.9 Å². The summed E-state index contributed by atoms with van der Waals surface area (Å²) in [5, 5.41) is 0. The summed E-state index contributed by atoms with van der Waals surface area (Å²) in [5.41, 5.74) is 6.35. The van der Waals surface area contributed by atoms with Gasteiger partial charge in [0.2, 0.25) is 0 Å². The molecular formula is C13H27NOS. The molecule has 0 unspecified atom stereocenters. The van der Waals surface area contributed by atoms with Crippen LogP contribution in [0, 0.1) is 0 Å². The lowest BCUT2D eigenvalue weighted by Crippen LogP contribution is -2.44. The van der Waals surface area contributed by atoms with Gasteiger partial charge in [-0.15, -0.1) is 0 Å². The summed E-state index contributed by atoms with van der Waals surface area (Å²) in [4.78, 5) is 0. The van der Waals surface area contributed by atoms with Gasteiger partial charge in [0.05, 0.1) is 6.61 Å². The molecule has 2 N–H and O–H groups in total. The van der Waals surface area contributed by atoms with Crippen molar-refractivity contribution in [1.29, 1.82) is 0 Å². The van der Waals surface area contributed by atoms with Crippen molar-refractivity contribution in [3.05, 3.63) is 0 Å². The average Bonchev–Trinajstić information content (AvgIpc) is 2.49.